The second-order valence-electron chi connectivity index (χ2n) is 5.94. The lowest BCUT2D eigenvalue weighted by atomic mass is 10.2. The molecule has 0 unspecified atom stereocenters. The molecule has 20 heavy (non-hydrogen) atoms. The predicted molar refractivity (Wildman–Crippen MR) is 81.0 cm³/mol. The maximum Gasteiger partial charge on any atom is 0.410 e. The molecule has 0 saturated heterocycles. The van der Waals surface area contributed by atoms with Crippen LogP contribution in [0.4, 0.5) is 9.18 Å². The number of benzene rings is 1. The van der Waals surface area contributed by atoms with Gasteiger partial charge in [0.25, 0.3) is 0 Å². The minimum absolute atomic E-state index is 0.0122. The van der Waals surface area contributed by atoms with Crippen LogP contribution in [-0.4, -0.2) is 22.6 Å². The van der Waals surface area contributed by atoms with E-state index in [2.05, 4.69) is 15.9 Å². The summed E-state index contributed by atoms with van der Waals surface area (Å²) in [4.78, 5) is 13.8. The van der Waals surface area contributed by atoms with Crippen molar-refractivity contribution in [2.45, 2.75) is 52.8 Å². The summed E-state index contributed by atoms with van der Waals surface area (Å²) in [7, 11) is 0. The van der Waals surface area contributed by atoms with Gasteiger partial charge in [-0.1, -0.05) is 22.0 Å². The first-order chi connectivity index (χ1) is 9.10. The molecule has 0 aliphatic carbocycles. The SMILES string of the molecule is CC(C)N(Cc1ccc(F)cc1Br)C(=O)OC(C)(C)C. The Morgan fingerprint density at radius 3 is 2.45 bits per heavy atom. The van der Waals surface area contributed by atoms with Crippen LogP contribution in [0.1, 0.15) is 40.2 Å². The first-order valence-electron chi connectivity index (χ1n) is 6.53. The van der Waals surface area contributed by atoms with E-state index in [1.54, 1.807) is 11.0 Å². The molecule has 0 atom stereocenters. The molecule has 0 heterocycles. The molecule has 0 fully saturated rings. The second-order valence-corrected chi connectivity index (χ2v) is 6.79. The first kappa shape index (κ1) is 17.0. The van der Waals surface area contributed by atoms with Crippen molar-refractivity contribution in [2.24, 2.45) is 0 Å². The van der Waals surface area contributed by atoms with Crippen LogP contribution in [0, 0.1) is 5.82 Å². The smallest absolute Gasteiger partial charge is 0.410 e. The van der Waals surface area contributed by atoms with Crippen LogP contribution >= 0.6 is 15.9 Å². The molecule has 0 radical (unpaired) electrons. The highest BCUT2D eigenvalue weighted by Gasteiger charge is 2.24. The fraction of sp³-hybridized carbons (Fsp3) is 0.533. The number of carbonyl (C=O) groups is 1. The maximum absolute atomic E-state index is 13.1. The van der Waals surface area contributed by atoms with E-state index in [9.17, 15) is 9.18 Å². The molecular formula is C15H21BrFNO2. The van der Waals surface area contributed by atoms with Crippen LogP contribution < -0.4 is 0 Å². The lowest BCUT2D eigenvalue weighted by Gasteiger charge is -2.30. The van der Waals surface area contributed by atoms with E-state index < -0.39 is 5.60 Å². The Labute approximate surface area is 128 Å². The summed E-state index contributed by atoms with van der Waals surface area (Å²) in [5.41, 5.74) is 0.301. The number of hydrogen-bond acceptors (Lipinski definition) is 2. The van der Waals surface area contributed by atoms with Crippen LogP contribution in [0.5, 0.6) is 0 Å². The van der Waals surface area contributed by atoms with E-state index >= 15 is 0 Å². The molecule has 0 N–H and O–H groups in total. The van der Waals surface area contributed by atoms with Gasteiger partial charge in [0, 0.05) is 10.5 Å². The predicted octanol–water partition coefficient (Wildman–Crippen LogP) is 4.73. The van der Waals surface area contributed by atoms with Crippen LogP contribution in [0.3, 0.4) is 0 Å². The highest BCUT2D eigenvalue weighted by Crippen LogP contribution is 2.22. The Bertz CT molecular complexity index is 483. The van der Waals surface area contributed by atoms with E-state index in [1.807, 2.05) is 34.6 Å². The number of nitrogens with zero attached hydrogens (tertiary/aromatic N) is 1. The number of halogens is 2. The van der Waals surface area contributed by atoms with Gasteiger partial charge in [0.2, 0.25) is 0 Å². The zero-order valence-corrected chi connectivity index (χ0v) is 14.1. The molecule has 0 aromatic heterocycles. The Balaban J connectivity index is 2.90. The lowest BCUT2D eigenvalue weighted by Crippen LogP contribution is -2.40. The number of hydrogen-bond donors (Lipinski definition) is 0. The molecule has 1 aromatic rings. The third kappa shape index (κ3) is 5.12. The van der Waals surface area contributed by atoms with Gasteiger partial charge in [0.05, 0.1) is 6.54 Å². The first-order valence-corrected chi connectivity index (χ1v) is 7.33. The Morgan fingerprint density at radius 2 is 2.00 bits per heavy atom. The number of amides is 1. The fourth-order valence-electron chi connectivity index (χ4n) is 1.61. The van der Waals surface area contributed by atoms with Crippen molar-refractivity contribution in [3.63, 3.8) is 0 Å². The average molecular weight is 346 g/mol. The monoisotopic (exact) mass is 345 g/mol. The molecule has 1 aromatic carbocycles. The van der Waals surface area contributed by atoms with Gasteiger partial charge in [-0.25, -0.2) is 9.18 Å². The maximum atomic E-state index is 13.1. The van der Waals surface area contributed by atoms with E-state index in [0.717, 1.165) is 5.56 Å². The molecule has 1 rings (SSSR count). The zero-order chi connectivity index (χ0) is 15.5. The van der Waals surface area contributed by atoms with E-state index in [1.165, 1.54) is 12.1 Å². The van der Waals surface area contributed by atoms with E-state index in [0.29, 0.717) is 11.0 Å². The summed E-state index contributed by atoms with van der Waals surface area (Å²) in [6, 6.07) is 4.43. The molecule has 0 bridgehead atoms. The van der Waals surface area contributed by atoms with Crippen molar-refractivity contribution < 1.29 is 13.9 Å². The quantitative estimate of drug-likeness (QED) is 0.792. The molecule has 0 aliphatic heterocycles. The third-order valence-corrected chi connectivity index (χ3v) is 3.35. The van der Waals surface area contributed by atoms with Gasteiger partial charge in [-0.3, -0.25) is 0 Å². The molecular weight excluding hydrogens is 325 g/mol. The molecule has 0 aliphatic rings. The molecule has 5 heteroatoms. The van der Waals surface area contributed by atoms with Gasteiger partial charge in [0.1, 0.15) is 11.4 Å². The molecule has 3 nitrogen and oxygen atoms in total. The van der Waals surface area contributed by atoms with Crippen LogP contribution in [0.2, 0.25) is 0 Å². The van der Waals surface area contributed by atoms with E-state index in [4.69, 9.17) is 4.74 Å². The Hall–Kier alpha value is -1.10. The Kier molecular flexibility index (Phi) is 5.57. The van der Waals surface area contributed by atoms with E-state index in [-0.39, 0.29) is 18.0 Å². The van der Waals surface area contributed by atoms with Crippen molar-refractivity contribution in [1.29, 1.82) is 0 Å². The van der Waals surface area contributed by atoms with Gasteiger partial charge in [-0.15, -0.1) is 0 Å². The zero-order valence-electron chi connectivity index (χ0n) is 12.5. The normalized spacial score (nSPS) is 11.6. The van der Waals surface area contributed by atoms with Gasteiger partial charge < -0.3 is 9.64 Å². The standard InChI is InChI=1S/C15H21BrFNO2/c1-10(2)18(14(19)20-15(3,4)5)9-11-6-7-12(17)8-13(11)16/h6-8,10H,9H2,1-5H3. The summed E-state index contributed by atoms with van der Waals surface area (Å²) in [6.45, 7) is 9.70. The topological polar surface area (TPSA) is 29.5 Å². The van der Waals surface area contributed by atoms with Gasteiger partial charge in [0.15, 0.2) is 0 Å². The minimum atomic E-state index is -0.537. The largest absolute Gasteiger partial charge is 0.444 e. The van der Waals surface area contributed by atoms with Crippen molar-refractivity contribution in [3.05, 3.63) is 34.1 Å². The highest BCUT2D eigenvalue weighted by molar-refractivity contribution is 9.10. The molecule has 0 spiro atoms. The number of ether oxygens (including phenoxy) is 1. The summed E-state index contributed by atoms with van der Waals surface area (Å²) < 4.78 is 19.1. The third-order valence-electron chi connectivity index (χ3n) is 2.61. The summed E-state index contributed by atoms with van der Waals surface area (Å²) in [5, 5.41) is 0. The highest BCUT2D eigenvalue weighted by atomic mass is 79.9. The van der Waals surface area contributed by atoms with Gasteiger partial charge in [-0.05, 0) is 52.3 Å². The summed E-state index contributed by atoms with van der Waals surface area (Å²) in [5.74, 6) is -0.311. The van der Waals surface area contributed by atoms with Crippen LogP contribution in [0.25, 0.3) is 0 Å². The van der Waals surface area contributed by atoms with Crippen LogP contribution in [0.15, 0.2) is 22.7 Å². The summed E-state index contributed by atoms with van der Waals surface area (Å²) >= 11 is 3.32. The van der Waals surface area contributed by atoms with Crippen molar-refractivity contribution in [2.75, 3.05) is 0 Å². The Morgan fingerprint density at radius 1 is 1.40 bits per heavy atom. The second kappa shape index (κ2) is 6.57. The average Bonchev–Trinajstić information content (AvgIpc) is 2.24. The molecule has 112 valence electrons. The molecule has 0 saturated carbocycles. The van der Waals surface area contributed by atoms with Crippen molar-refractivity contribution in [1.82, 2.24) is 4.90 Å². The number of carbonyl (C=O) groups excluding carboxylic acids is 1. The van der Waals surface area contributed by atoms with Crippen molar-refractivity contribution >= 4 is 22.0 Å². The fourth-order valence-corrected chi connectivity index (χ4v) is 2.09. The minimum Gasteiger partial charge on any atom is -0.444 e. The van der Waals surface area contributed by atoms with Crippen molar-refractivity contribution in [3.8, 4) is 0 Å². The van der Waals surface area contributed by atoms with Gasteiger partial charge in [-0.2, -0.15) is 0 Å². The number of rotatable bonds is 3. The summed E-state index contributed by atoms with van der Waals surface area (Å²) in [6.07, 6.45) is -0.372. The van der Waals surface area contributed by atoms with Crippen LogP contribution in [-0.2, 0) is 11.3 Å². The van der Waals surface area contributed by atoms with Gasteiger partial charge >= 0.3 is 6.09 Å². The molecule has 1 amide bonds. The lowest BCUT2D eigenvalue weighted by molar-refractivity contribution is 0.0171.